The molecule has 0 aliphatic heterocycles. The SMILES string of the molecule is CC(CN)CCC(=O)OCc1ccc(Cl)cc1. The molecule has 0 radical (unpaired) electrons. The van der Waals surface area contributed by atoms with Crippen molar-refractivity contribution in [3.8, 4) is 0 Å². The van der Waals surface area contributed by atoms with Crippen LogP contribution in [0, 0.1) is 5.92 Å². The third-order valence-electron chi connectivity index (χ3n) is 2.56. The average molecular weight is 256 g/mol. The molecule has 0 saturated carbocycles. The number of nitrogens with two attached hydrogens (primary N) is 1. The molecule has 0 aliphatic rings. The van der Waals surface area contributed by atoms with E-state index in [1.54, 1.807) is 12.1 Å². The van der Waals surface area contributed by atoms with E-state index in [2.05, 4.69) is 0 Å². The van der Waals surface area contributed by atoms with Crippen LogP contribution in [0.1, 0.15) is 25.3 Å². The molecule has 3 nitrogen and oxygen atoms in total. The summed E-state index contributed by atoms with van der Waals surface area (Å²) in [6, 6.07) is 7.25. The number of carbonyl (C=O) groups is 1. The predicted octanol–water partition coefficient (Wildman–Crippen LogP) is 2.76. The summed E-state index contributed by atoms with van der Waals surface area (Å²) >= 11 is 5.76. The molecule has 0 aliphatic carbocycles. The maximum atomic E-state index is 11.4. The van der Waals surface area contributed by atoms with Crippen molar-refractivity contribution in [1.29, 1.82) is 0 Å². The van der Waals surface area contributed by atoms with Crippen molar-refractivity contribution in [2.24, 2.45) is 11.7 Å². The molecule has 4 heteroatoms. The van der Waals surface area contributed by atoms with E-state index in [1.807, 2.05) is 19.1 Å². The van der Waals surface area contributed by atoms with Gasteiger partial charge in [-0.1, -0.05) is 30.7 Å². The third-order valence-corrected chi connectivity index (χ3v) is 2.81. The van der Waals surface area contributed by atoms with E-state index < -0.39 is 0 Å². The summed E-state index contributed by atoms with van der Waals surface area (Å²) in [5.74, 6) is 0.179. The Morgan fingerprint density at radius 2 is 2.06 bits per heavy atom. The number of rotatable bonds is 6. The van der Waals surface area contributed by atoms with Crippen LogP contribution in [0.5, 0.6) is 0 Å². The number of esters is 1. The molecule has 0 amide bonds. The van der Waals surface area contributed by atoms with Gasteiger partial charge in [0.15, 0.2) is 0 Å². The van der Waals surface area contributed by atoms with Crippen LogP contribution in [-0.4, -0.2) is 12.5 Å². The van der Waals surface area contributed by atoms with Gasteiger partial charge in [0.1, 0.15) is 6.61 Å². The van der Waals surface area contributed by atoms with E-state index in [1.165, 1.54) is 0 Å². The molecule has 17 heavy (non-hydrogen) atoms. The van der Waals surface area contributed by atoms with Gasteiger partial charge in [0.2, 0.25) is 0 Å². The fraction of sp³-hybridized carbons (Fsp3) is 0.462. The van der Waals surface area contributed by atoms with Gasteiger partial charge in [-0.05, 0) is 36.6 Å². The first kappa shape index (κ1) is 14.0. The Hall–Kier alpha value is -1.06. The molecule has 0 heterocycles. The first-order valence-electron chi connectivity index (χ1n) is 5.72. The molecule has 1 atom stereocenters. The van der Waals surface area contributed by atoms with E-state index in [9.17, 15) is 4.79 Å². The van der Waals surface area contributed by atoms with Gasteiger partial charge in [0, 0.05) is 11.4 Å². The number of carbonyl (C=O) groups excluding carboxylic acids is 1. The summed E-state index contributed by atoms with van der Waals surface area (Å²) in [7, 11) is 0. The molecule has 1 aromatic rings. The van der Waals surface area contributed by atoms with Gasteiger partial charge in [-0.2, -0.15) is 0 Å². The predicted molar refractivity (Wildman–Crippen MR) is 68.7 cm³/mol. The van der Waals surface area contributed by atoms with E-state index >= 15 is 0 Å². The minimum absolute atomic E-state index is 0.180. The monoisotopic (exact) mass is 255 g/mol. The maximum absolute atomic E-state index is 11.4. The van der Waals surface area contributed by atoms with Gasteiger partial charge in [0.05, 0.1) is 0 Å². The first-order valence-corrected chi connectivity index (χ1v) is 6.09. The summed E-state index contributed by atoms with van der Waals surface area (Å²) in [4.78, 5) is 11.4. The molecule has 0 aromatic heterocycles. The van der Waals surface area contributed by atoms with Crippen molar-refractivity contribution in [3.05, 3.63) is 34.9 Å². The highest BCUT2D eigenvalue weighted by Gasteiger charge is 2.06. The van der Waals surface area contributed by atoms with Crippen LogP contribution in [0.2, 0.25) is 5.02 Å². The summed E-state index contributed by atoms with van der Waals surface area (Å²) in [5, 5.41) is 0.678. The Morgan fingerprint density at radius 1 is 1.41 bits per heavy atom. The smallest absolute Gasteiger partial charge is 0.306 e. The highest BCUT2D eigenvalue weighted by atomic mass is 35.5. The second-order valence-electron chi connectivity index (χ2n) is 4.17. The first-order chi connectivity index (χ1) is 8.11. The van der Waals surface area contributed by atoms with E-state index in [0.717, 1.165) is 12.0 Å². The van der Waals surface area contributed by atoms with Gasteiger partial charge in [-0.3, -0.25) is 4.79 Å². The van der Waals surface area contributed by atoms with Crippen molar-refractivity contribution in [3.63, 3.8) is 0 Å². The summed E-state index contributed by atoms with van der Waals surface area (Å²) in [6.45, 7) is 2.92. The Morgan fingerprint density at radius 3 is 2.65 bits per heavy atom. The molecule has 0 bridgehead atoms. The van der Waals surface area contributed by atoms with E-state index in [-0.39, 0.29) is 5.97 Å². The lowest BCUT2D eigenvalue weighted by Gasteiger charge is -2.08. The average Bonchev–Trinajstić information content (AvgIpc) is 2.35. The fourth-order valence-electron chi connectivity index (χ4n) is 1.30. The standard InChI is InChI=1S/C13H18ClNO2/c1-10(8-15)2-7-13(16)17-9-11-3-5-12(14)6-4-11/h3-6,10H,2,7-9,15H2,1H3. The molecule has 0 spiro atoms. The van der Waals surface area contributed by atoms with Crippen LogP contribution in [0.4, 0.5) is 0 Å². The molecule has 2 N–H and O–H groups in total. The third kappa shape index (κ3) is 5.71. The zero-order valence-electron chi connectivity index (χ0n) is 9.99. The van der Waals surface area contributed by atoms with Crippen LogP contribution in [0.3, 0.4) is 0 Å². The largest absolute Gasteiger partial charge is 0.461 e. The lowest BCUT2D eigenvalue weighted by Crippen LogP contribution is -2.13. The van der Waals surface area contributed by atoms with Gasteiger partial charge < -0.3 is 10.5 Å². The van der Waals surface area contributed by atoms with Crippen LogP contribution < -0.4 is 5.73 Å². The Bertz CT molecular complexity index is 351. The molecular weight excluding hydrogens is 238 g/mol. The molecule has 1 rings (SSSR count). The molecule has 1 unspecified atom stereocenters. The second-order valence-corrected chi connectivity index (χ2v) is 4.60. The molecule has 0 saturated heterocycles. The molecule has 0 fully saturated rings. The number of ether oxygens (including phenoxy) is 1. The molecule has 94 valence electrons. The number of hydrogen-bond donors (Lipinski definition) is 1. The van der Waals surface area contributed by atoms with E-state index in [4.69, 9.17) is 22.1 Å². The zero-order valence-corrected chi connectivity index (χ0v) is 10.7. The van der Waals surface area contributed by atoms with Crippen LogP contribution in [0.15, 0.2) is 24.3 Å². The van der Waals surface area contributed by atoms with E-state index in [0.29, 0.717) is 30.5 Å². The van der Waals surface area contributed by atoms with Gasteiger partial charge in [-0.25, -0.2) is 0 Å². The summed E-state index contributed by atoms with van der Waals surface area (Å²) < 4.78 is 5.14. The maximum Gasteiger partial charge on any atom is 0.306 e. The van der Waals surface area contributed by atoms with Crippen molar-refractivity contribution >= 4 is 17.6 Å². The summed E-state index contributed by atoms with van der Waals surface area (Å²) in [6.07, 6.45) is 1.20. The van der Waals surface area contributed by atoms with Gasteiger partial charge in [0.25, 0.3) is 0 Å². The Kier molecular flexibility index (Phi) is 6.01. The number of hydrogen-bond acceptors (Lipinski definition) is 3. The lowest BCUT2D eigenvalue weighted by molar-refractivity contribution is -0.145. The minimum atomic E-state index is -0.180. The molecule has 1 aromatic carbocycles. The number of benzene rings is 1. The molecular formula is C13H18ClNO2. The Balaban J connectivity index is 2.26. The van der Waals surface area contributed by atoms with Crippen LogP contribution >= 0.6 is 11.6 Å². The quantitative estimate of drug-likeness (QED) is 0.796. The van der Waals surface area contributed by atoms with Crippen molar-refractivity contribution < 1.29 is 9.53 Å². The van der Waals surface area contributed by atoms with Crippen molar-refractivity contribution in [2.45, 2.75) is 26.4 Å². The normalized spacial score (nSPS) is 12.2. The highest BCUT2D eigenvalue weighted by Crippen LogP contribution is 2.11. The van der Waals surface area contributed by atoms with Gasteiger partial charge in [-0.15, -0.1) is 0 Å². The second kappa shape index (κ2) is 7.30. The minimum Gasteiger partial charge on any atom is -0.461 e. The Labute approximate surface area is 107 Å². The van der Waals surface area contributed by atoms with Crippen molar-refractivity contribution in [1.82, 2.24) is 0 Å². The fourth-order valence-corrected chi connectivity index (χ4v) is 1.42. The van der Waals surface area contributed by atoms with Crippen LogP contribution in [0.25, 0.3) is 0 Å². The number of halogens is 1. The summed E-state index contributed by atoms with van der Waals surface area (Å²) in [5.41, 5.74) is 6.41. The van der Waals surface area contributed by atoms with Crippen molar-refractivity contribution in [2.75, 3.05) is 6.54 Å². The lowest BCUT2D eigenvalue weighted by atomic mass is 10.1. The van der Waals surface area contributed by atoms with Crippen LogP contribution in [-0.2, 0) is 16.1 Å². The highest BCUT2D eigenvalue weighted by molar-refractivity contribution is 6.30. The van der Waals surface area contributed by atoms with Gasteiger partial charge >= 0.3 is 5.97 Å². The topological polar surface area (TPSA) is 52.3 Å². The zero-order chi connectivity index (χ0) is 12.7.